The van der Waals surface area contributed by atoms with E-state index in [-0.39, 0.29) is 6.61 Å². The van der Waals surface area contributed by atoms with E-state index in [1.54, 1.807) is 6.92 Å². The second kappa shape index (κ2) is 10.8. The van der Waals surface area contributed by atoms with Crippen LogP contribution in [0.25, 0.3) is 0 Å². The summed E-state index contributed by atoms with van der Waals surface area (Å²) in [5.41, 5.74) is 4.18. The minimum atomic E-state index is -0.539. The number of esters is 1. The number of nitrogens with zero attached hydrogens (tertiary/aromatic N) is 3. The number of amidine groups is 1. The van der Waals surface area contributed by atoms with Crippen molar-refractivity contribution in [1.29, 1.82) is 5.26 Å². The SMILES string of the molecule is CCOC(=O)C1=C(C)NC(Sc2nc(C)cc(CNC)c2C#N)=N[C@@H]1c1cccc(Br)c1. The maximum absolute atomic E-state index is 12.7. The molecule has 0 fully saturated rings. The molecule has 0 saturated carbocycles. The zero-order valence-corrected chi connectivity index (χ0v) is 20.7. The molecule has 1 atom stereocenters. The maximum atomic E-state index is 12.7. The molecule has 2 N–H and O–H groups in total. The number of rotatable bonds is 6. The Morgan fingerprint density at radius 3 is 2.81 bits per heavy atom. The molecule has 0 aliphatic carbocycles. The normalized spacial score (nSPS) is 15.6. The lowest BCUT2D eigenvalue weighted by atomic mass is 9.97. The number of hydrogen-bond donors (Lipinski definition) is 2. The summed E-state index contributed by atoms with van der Waals surface area (Å²) >= 11 is 4.78. The van der Waals surface area contributed by atoms with Crippen molar-refractivity contribution in [3.63, 3.8) is 0 Å². The second-order valence-corrected chi connectivity index (χ2v) is 9.02. The molecule has 2 heterocycles. The fourth-order valence-corrected chi connectivity index (χ4v) is 4.85. The number of allylic oxidation sites excluding steroid dienone is 1. The third kappa shape index (κ3) is 5.38. The number of thioether (sulfide) groups is 1. The lowest BCUT2D eigenvalue weighted by molar-refractivity contribution is -0.138. The summed E-state index contributed by atoms with van der Waals surface area (Å²) in [6, 6.07) is 11.3. The fraction of sp³-hybridized carbons (Fsp3) is 0.304. The number of nitriles is 1. The van der Waals surface area contributed by atoms with E-state index in [0.29, 0.717) is 33.6 Å². The number of pyridine rings is 1. The Labute approximate surface area is 200 Å². The molecule has 166 valence electrons. The average Bonchev–Trinajstić information content (AvgIpc) is 2.73. The van der Waals surface area contributed by atoms with Crippen molar-refractivity contribution in [3.8, 4) is 6.07 Å². The first kappa shape index (κ1) is 24.0. The van der Waals surface area contributed by atoms with Crippen molar-refractivity contribution in [2.24, 2.45) is 4.99 Å². The van der Waals surface area contributed by atoms with Crippen LogP contribution in [0.2, 0.25) is 0 Å². The number of ether oxygens (including phenoxy) is 1. The van der Waals surface area contributed by atoms with Crippen molar-refractivity contribution in [2.45, 2.75) is 38.4 Å². The molecule has 0 bridgehead atoms. The van der Waals surface area contributed by atoms with Gasteiger partial charge in [-0.25, -0.2) is 14.8 Å². The van der Waals surface area contributed by atoms with Gasteiger partial charge in [-0.05, 0) is 68.9 Å². The molecule has 1 aromatic heterocycles. The predicted molar refractivity (Wildman–Crippen MR) is 129 cm³/mol. The Kier molecular flexibility index (Phi) is 8.07. The topological polar surface area (TPSA) is 99.4 Å². The lowest BCUT2D eigenvalue weighted by Gasteiger charge is -2.26. The largest absolute Gasteiger partial charge is 0.463 e. The van der Waals surface area contributed by atoms with Crippen LogP contribution in [0.4, 0.5) is 0 Å². The van der Waals surface area contributed by atoms with E-state index in [4.69, 9.17) is 9.73 Å². The predicted octanol–water partition coefficient (Wildman–Crippen LogP) is 4.37. The Hall–Kier alpha value is -2.67. The minimum Gasteiger partial charge on any atom is -0.463 e. The van der Waals surface area contributed by atoms with Gasteiger partial charge >= 0.3 is 5.97 Å². The number of hydrogen-bond acceptors (Lipinski definition) is 8. The van der Waals surface area contributed by atoms with E-state index in [0.717, 1.165) is 21.3 Å². The summed E-state index contributed by atoms with van der Waals surface area (Å²) in [5.74, 6) is -0.405. The summed E-state index contributed by atoms with van der Waals surface area (Å²) in [6.45, 7) is 6.34. The molecule has 1 aliphatic rings. The Balaban J connectivity index is 2.05. The summed E-state index contributed by atoms with van der Waals surface area (Å²) in [5, 5.41) is 17.2. The number of aryl methyl sites for hydroxylation is 1. The van der Waals surface area contributed by atoms with Crippen LogP contribution in [0, 0.1) is 18.3 Å². The highest BCUT2D eigenvalue weighted by Crippen LogP contribution is 2.35. The third-order valence-electron chi connectivity index (χ3n) is 4.75. The van der Waals surface area contributed by atoms with Crippen molar-refractivity contribution in [2.75, 3.05) is 13.7 Å². The molecule has 0 saturated heterocycles. The standard InChI is InChI=1S/C23H24BrN5O2S/c1-5-31-22(30)19-14(3)28-23(29-20(19)15-7-6-8-17(24)10-15)32-21-18(11-25)16(12-26-4)9-13(2)27-21/h6-10,20,26H,5,12H2,1-4H3,(H,28,29)/t20-/m1/s1. The molecule has 7 nitrogen and oxygen atoms in total. The van der Waals surface area contributed by atoms with Gasteiger partial charge in [0, 0.05) is 22.4 Å². The van der Waals surface area contributed by atoms with Gasteiger partial charge < -0.3 is 15.4 Å². The van der Waals surface area contributed by atoms with Gasteiger partial charge in [-0.15, -0.1) is 0 Å². The van der Waals surface area contributed by atoms with Gasteiger partial charge in [0.2, 0.25) is 0 Å². The van der Waals surface area contributed by atoms with E-state index in [9.17, 15) is 10.1 Å². The van der Waals surface area contributed by atoms with E-state index < -0.39 is 12.0 Å². The number of halogens is 1. The first-order valence-electron chi connectivity index (χ1n) is 10.1. The quantitative estimate of drug-likeness (QED) is 0.553. The van der Waals surface area contributed by atoms with Crippen LogP contribution in [0.5, 0.6) is 0 Å². The smallest absolute Gasteiger partial charge is 0.338 e. The molecule has 2 aromatic rings. The van der Waals surface area contributed by atoms with Crippen LogP contribution in [0.3, 0.4) is 0 Å². The summed E-state index contributed by atoms with van der Waals surface area (Å²) in [7, 11) is 1.84. The van der Waals surface area contributed by atoms with Crippen LogP contribution in [0.1, 0.15) is 42.3 Å². The monoisotopic (exact) mass is 513 g/mol. The first-order valence-corrected chi connectivity index (χ1v) is 11.7. The van der Waals surface area contributed by atoms with Gasteiger partial charge in [0.25, 0.3) is 0 Å². The maximum Gasteiger partial charge on any atom is 0.338 e. The molecule has 0 unspecified atom stereocenters. The highest BCUT2D eigenvalue weighted by atomic mass is 79.9. The molecule has 0 radical (unpaired) electrons. The number of benzene rings is 1. The fourth-order valence-electron chi connectivity index (χ4n) is 3.42. The van der Waals surface area contributed by atoms with Crippen molar-refractivity contribution in [1.82, 2.24) is 15.6 Å². The number of nitrogens with one attached hydrogen (secondary N) is 2. The number of carbonyl (C=O) groups is 1. The van der Waals surface area contributed by atoms with E-state index in [2.05, 4.69) is 37.6 Å². The van der Waals surface area contributed by atoms with Crippen LogP contribution in [0.15, 0.2) is 56.1 Å². The summed E-state index contributed by atoms with van der Waals surface area (Å²) in [6.07, 6.45) is 0. The molecule has 0 spiro atoms. The van der Waals surface area contributed by atoms with Gasteiger partial charge in [-0.1, -0.05) is 28.1 Å². The molecular weight excluding hydrogens is 490 g/mol. The molecule has 3 rings (SSSR count). The van der Waals surface area contributed by atoms with E-state index in [1.807, 2.05) is 51.2 Å². The average molecular weight is 514 g/mol. The van der Waals surface area contributed by atoms with Gasteiger partial charge in [0.05, 0.1) is 17.7 Å². The summed E-state index contributed by atoms with van der Waals surface area (Å²) < 4.78 is 6.19. The highest BCUT2D eigenvalue weighted by molar-refractivity contribution is 9.10. The molecule has 9 heteroatoms. The first-order chi connectivity index (χ1) is 15.4. The molecule has 0 amide bonds. The van der Waals surface area contributed by atoms with Crippen LogP contribution in [-0.2, 0) is 16.1 Å². The molecule has 32 heavy (non-hydrogen) atoms. The molecule has 1 aromatic carbocycles. The Bertz CT molecular complexity index is 1140. The number of aliphatic imine (C=N–C) groups is 1. The minimum absolute atomic E-state index is 0.277. The number of carbonyl (C=O) groups excluding carboxylic acids is 1. The van der Waals surface area contributed by atoms with Crippen molar-refractivity contribution >= 4 is 38.8 Å². The van der Waals surface area contributed by atoms with Crippen LogP contribution in [-0.4, -0.2) is 29.8 Å². The zero-order valence-electron chi connectivity index (χ0n) is 18.3. The van der Waals surface area contributed by atoms with E-state index >= 15 is 0 Å². The highest BCUT2D eigenvalue weighted by Gasteiger charge is 2.31. The summed E-state index contributed by atoms with van der Waals surface area (Å²) in [4.78, 5) is 22.1. The molecule has 1 aliphatic heterocycles. The Morgan fingerprint density at radius 1 is 1.38 bits per heavy atom. The van der Waals surface area contributed by atoms with Gasteiger partial charge in [0.15, 0.2) is 5.17 Å². The van der Waals surface area contributed by atoms with Crippen molar-refractivity contribution in [3.05, 3.63) is 68.5 Å². The van der Waals surface area contributed by atoms with Gasteiger partial charge in [-0.3, -0.25) is 0 Å². The van der Waals surface area contributed by atoms with E-state index in [1.165, 1.54) is 11.8 Å². The third-order valence-corrected chi connectivity index (χ3v) is 6.13. The van der Waals surface area contributed by atoms with Crippen LogP contribution < -0.4 is 10.6 Å². The zero-order chi connectivity index (χ0) is 23.3. The van der Waals surface area contributed by atoms with Gasteiger partial charge in [0.1, 0.15) is 17.1 Å². The number of aromatic nitrogens is 1. The van der Waals surface area contributed by atoms with Gasteiger partial charge in [-0.2, -0.15) is 5.26 Å². The lowest BCUT2D eigenvalue weighted by Crippen LogP contribution is -2.30. The Morgan fingerprint density at radius 2 is 2.16 bits per heavy atom. The molecular formula is C23H24BrN5O2S. The van der Waals surface area contributed by atoms with Crippen LogP contribution >= 0.6 is 27.7 Å². The second-order valence-electron chi connectivity index (χ2n) is 7.12. The van der Waals surface area contributed by atoms with Crippen molar-refractivity contribution < 1.29 is 9.53 Å².